The van der Waals surface area contributed by atoms with Crippen molar-refractivity contribution in [2.24, 2.45) is 0 Å². The van der Waals surface area contributed by atoms with E-state index in [1.807, 2.05) is 42.7 Å². The fourth-order valence-electron chi connectivity index (χ4n) is 2.77. The molecule has 3 heterocycles. The van der Waals surface area contributed by atoms with Crippen molar-refractivity contribution in [3.05, 3.63) is 72.5 Å². The van der Waals surface area contributed by atoms with Crippen LogP contribution in [0.2, 0.25) is 0 Å². The van der Waals surface area contributed by atoms with Gasteiger partial charge in [0.05, 0.1) is 17.6 Å². The van der Waals surface area contributed by atoms with Gasteiger partial charge in [0.2, 0.25) is 0 Å². The summed E-state index contributed by atoms with van der Waals surface area (Å²) in [5.74, 6) is 0.752. The van der Waals surface area contributed by atoms with Crippen molar-refractivity contribution in [3.8, 4) is 11.4 Å². The van der Waals surface area contributed by atoms with Gasteiger partial charge in [-0.1, -0.05) is 32.1 Å². The smallest absolute Gasteiger partial charge is 0.165 e. The first kappa shape index (κ1) is 18.7. The number of aromatic nitrogens is 4. The van der Waals surface area contributed by atoms with Crippen LogP contribution in [-0.4, -0.2) is 19.5 Å². The molecule has 0 amide bonds. The third-order valence-corrected chi connectivity index (χ3v) is 4.09. The van der Waals surface area contributed by atoms with Crippen LogP contribution < -0.4 is 0 Å². The van der Waals surface area contributed by atoms with E-state index in [0.717, 1.165) is 22.7 Å². The summed E-state index contributed by atoms with van der Waals surface area (Å²) in [6.45, 7) is 12.3. The zero-order valence-corrected chi connectivity index (χ0v) is 16.1. The van der Waals surface area contributed by atoms with Crippen molar-refractivity contribution in [3.63, 3.8) is 0 Å². The van der Waals surface area contributed by atoms with Crippen LogP contribution in [0.3, 0.4) is 0 Å². The minimum absolute atomic E-state index is 0.210. The molecule has 0 N–H and O–H groups in total. The third-order valence-electron chi connectivity index (χ3n) is 4.09. The molecular formula is C22H23FN4. The van der Waals surface area contributed by atoms with Crippen molar-refractivity contribution < 1.29 is 4.39 Å². The Morgan fingerprint density at radius 3 is 2.41 bits per heavy atom. The monoisotopic (exact) mass is 362 g/mol. The molecule has 0 spiro atoms. The second kappa shape index (κ2) is 7.66. The van der Waals surface area contributed by atoms with Crippen molar-refractivity contribution in [2.45, 2.75) is 33.6 Å². The maximum absolute atomic E-state index is 13.2. The first-order chi connectivity index (χ1) is 12.9. The van der Waals surface area contributed by atoms with E-state index in [2.05, 4.69) is 25.4 Å². The van der Waals surface area contributed by atoms with Crippen LogP contribution in [0.4, 0.5) is 4.39 Å². The van der Waals surface area contributed by atoms with Gasteiger partial charge in [-0.25, -0.2) is 14.4 Å². The fraction of sp³-hybridized carbons (Fsp3) is 0.227. The summed E-state index contributed by atoms with van der Waals surface area (Å²) >= 11 is 0. The molecule has 5 heteroatoms. The Bertz CT molecular complexity index is 1040. The number of hydrogen-bond acceptors (Lipinski definition) is 3. The van der Waals surface area contributed by atoms with Gasteiger partial charge in [0.25, 0.3) is 0 Å². The van der Waals surface area contributed by atoms with E-state index in [1.165, 1.54) is 17.8 Å². The van der Waals surface area contributed by atoms with Gasteiger partial charge in [0.1, 0.15) is 17.2 Å². The van der Waals surface area contributed by atoms with Gasteiger partial charge in [-0.3, -0.25) is 9.55 Å². The van der Waals surface area contributed by atoms with Gasteiger partial charge in [-0.05, 0) is 50.3 Å². The second-order valence-electron chi connectivity index (χ2n) is 6.90. The van der Waals surface area contributed by atoms with Gasteiger partial charge >= 0.3 is 0 Å². The second-order valence-corrected chi connectivity index (χ2v) is 6.90. The molecule has 138 valence electrons. The highest BCUT2D eigenvalue weighted by Gasteiger charge is 2.17. The summed E-state index contributed by atoms with van der Waals surface area (Å²) in [6.07, 6.45) is 7.05. The van der Waals surface area contributed by atoms with Crippen LogP contribution in [0.15, 0.2) is 60.8 Å². The molecule has 0 unspecified atom stereocenters. The molecule has 0 radical (unpaired) electrons. The summed E-state index contributed by atoms with van der Waals surface area (Å²) in [4.78, 5) is 13.7. The van der Waals surface area contributed by atoms with Crippen molar-refractivity contribution in [1.82, 2.24) is 19.5 Å². The molecule has 3 aromatic rings. The van der Waals surface area contributed by atoms with Gasteiger partial charge in [-0.15, -0.1) is 0 Å². The lowest BCUT2D eigenvalue weighted by Gasteiger charge is -2.12. The number of rotatable bonds is 5. The van der Waals surface area contributed by atoms with Gasteiger partial charge in [-0.2, -0.15) is 0 Å². The number of hydrogen-bond donors (Lipinski definition) is 0. The van der Waals surface area contributed by atoms with E-state index in [9.17, 15) is 4.39 Å². The molecule has 0 saturated carbocycles. The molecule has 4 nitrogen and oxygen atoms in total. The number of pyridine rings is 2. The van der Waals surface area contributed by atoms with Crippen LogP contribution in [-0.2, 0) is 0 Å². The largest absolute Gasteiger partial charge is 0.281 e. The van der Waals surface area contributed by atoms with Gasteiger partial charge < -0.3 is 0 Å². The highest BCUT2D eigenvalue weighted by Crippen LogP contribution is 2.27. The van der Waals surface area contributed by atoms with Crippen molar-refractivity contribution >= 4 is 16.9 Å². The van der Waals surface area contributed by atoms with Crippen LogP contribution in [0, 0.1) is 5.82 Å². The average molecular weight is 362 g/mol. The highest BCUT2D eigenvalue weighted by molar-refractivity contribution is 5.81. The molecular weight excluding hydrogens is 339 g/mol. The predicted octanol–water partition coefficient (Wildman–Crippen LogP) is 5.75. The lowest BCUT2D eigenvalue weighted by Crippen LogP contribution is -2.04. The summed E-state index contributed by atoms with van der Waals surface area (Å²) in [5, 5.41) is 0. The number of allylic oxidation sites excluding steroid dienone is 5. The number of imidazole rings is 1. The predicted molar refractivity (Wildman–Crippen MR) is 109 cm³/mol. The van der Waals surface area contributed by atoms with E-state index in [-0.39, 0.29) is 11.7 Å². The first-order valence-corrected chi connectivity index (χ1v) is 8.90. The molecule has 27 heavy (non-hydrogen) atoms. The Hall–Kier alpha value is -3.08. The zero-order chi connectivity index (χ0) is 19.6. The van der Waals surface area contributed by atoms with Crippen LogP contribution >= 0.6 is 0 Å². The van der Waals surface area contributed by atoms with Crippen LogP contribution in [0.25, 0.3) is 28.2 Å². The van der Waals surface area contributed by atoms with E-state index in [1.54, 1.807) is 12.1 Å². The molecule has 3 aromatic heterocycles. The normalized spacial score (nSPS) is 11.9. The average Bonchev–Trinajstić information content (AvgIpc) is 3.02. The summed E-state index contributed by atoms with van der Waals surface area (Å²) in [7, 11) is 0. The third kappa shape index (κ3) is 3.87. The fourth-order valence-corrected chi connectivity index (χ4v) is 2.77. The molecule has 0 atom stereocenters. The van der Waals surface area contributed by atoms with Crippen molar-refractivity contribution in [1.29, 1.82) is 0 Å². The first-order valence-electron chi connectivity index (χ1n) is 8.90. The summed E-state index contributed by atoms with van der Waals surface area (Å²) in [6, 6.07) is 6.79. The minimum atomic E-state index is -0.370. The van der Waals surface area contributed by atoms with E-state index < -0.39 is 0 Å². The van der Waals surface area contributed by atoms with E-state index in [4.69, 9.17) is 9.97 Å². The van der Waals surface area contributed by atoms with Crippen LogP contribution in [0.5, 0.6) is 0 Å². The molecule has 0 aliphatic carbocycles. The van der Waals surface area contributed by atoms with Crippen LogP contribution in [0.1, 0.15) is 39.4 Å². The van der Waals surface area contributed by atoms with E-state index >= 15 is 0 Å². The molecule has 0 fully saturated rings. The van der Waals surface area contributed by atoms with Gasteiger partial charge in [0, 0.05) is 11.6 Å². The van der Waals surface area contributed by atoms with Gasteiger partial charge in [0.15, 0.2) is 5.65 Å². The zero-order valence-electron chi connectivity index (χ0n) is 16.1. The van der Waals surface area contributed by atoms with E-state index in [0.29, 0.717) is 11.4 Å². The minimum Gasteiger partial charge on any atom is -0.281 e. The molecule has 0 saturated heterocycles. The maximum Gasteiger partial charge on any atom is 0.165 e. The maximum atomic E-state index is 13.2. The Labute approximate surface area is 158 Å². The standard InChI is InChI=1S/C22H23FN4/c1-6-17(9-7-14(2)3)27-21(15(4)5)26-20-12-11-19(25-22(20)27)18-10-8-16(23)13-24-18/h6-13,15H,1H2,2-5H3/b17-9+. The summed E-state index contributed by atoms with van der Waals surface area (Å²) < 4.78 is 15.2. The Morgan fingerprint density at radius 2 is 1.81 bits per heavy atom. The molecule has 0 bridgehead atoms. The number of halogens is 1. The molecule has 0 aliphatic heterocycles. The quantitative estimate of drug-likeness (QED) is 0.543. The molecule has 0 aromatic carbocycles. The Balaban J connectivity index is 2.25. The Kier molecular flexibility index (Phi) is 5.31. The van der Waals surface area contributed by atoms with Crippen molar-refractivity contribution in [2.75, 3.05) is 0 Å². The number of fused-ring (bicyclic) bond motifs is 1. The number of nitrogens with zero attached hydrogens (tertiary/aromatic N) is 4. The molecule has 3 rings (SSSR count). The SMILES string of the molecule is C=C/C(=C\C=C(C)C)n1c(C(C)C)nc2ccc(-c3ccc(F)cn3)nc21. The summed E-state index contributed by atoms with van der Waals surface area (Å²) in [5.41, 5.74) is 4.91. The lowest BCUT2D eigenvalue weighted by molar-refractivity contribution is 0.622. The molecule has 0 aliphatic rings. The topological polar surface area (TPSA) is 43.6 Å². The lowest BCUT2D eigenvalue weighted by atomic mass is 10.2. The Morgan fingerprint density at radius 1 is 1.07 bits per heavy atom. The highest BCUT2D eigenvalue weighted by atomic mass is 19.1.